The Kier molecular flexibility index (Phi) is 17.4. The molecule has 0 N–H and O–H groups in total. The number of hydrogen-bond donors (Lipinski definition) is 0. The molecule has 0 aliphatic carbocycles. The van der Waals surface area contributed by atoms with E-state index in [2.05, 4.69) is 122 Å². The van der Waals surface area contributed by atoms with Crippen molar-refractivity contribution in [2.75, 3.05) is 0 Å². The van der Waals surface area contributed by atoms with Crippen molar-refractivity contribution in [3.05, 3.63) is 111 Å². The van der Waals surface area contributed by atoms with Gasteiger partial charge in [-0.2, -0.15) is 11.6 Å². The minimum atomic E-state index is -2.61. The molecule has 0 heterocycles. The molecule has 0 bridgehead atoms. The maximum Gasteiger partial charge on any atom is 4.00 e. The van der Waals surface area contributed by atoms with Crippen LogP contribution in [0.1, 0.15) is 86.1 Å². The molecule has 4 aromatic rings. The topological polar surface area (TPSA) is 0 Å². The SMILES string of the molecule is CCc1cc(CC)cc([Si](c2cc(CC)cc(CC)c2)(c2cc(CC)cc(CC)c2)[c-]2cc(C)cc2C)c1.[Cl-].[Cl-].[Cl-].[Ti+4]. The molecule has 0 aliphatic heterocycles. The van der Waals surface area contributed by atoms with E-state index in [1.807, 2.05) is 0 Å². The second-order valence-corrected chi connectivity index (χ2v) is 14.9. The molecule has 0 atom stereocenters. The Morgan fingerprint density at radius 1 is 0.452 bits per heavy atom. The van der Waals surface area contributed by atoms with Crippen LogP contribution in [0.15, 0.2) is 66.7 Å². The molecular formula is C37H47Cl3SiTi. The van der Waals surface area contributed by atoms with Gasteiger partial charge in [0, 0.05) is 0 Å². The van der Waals surface area contributed by atoms with E-state index >= 15 is 0 Å². The van der Waals surface area contributed by atoms with Gasteiger partial charge >= 0.3 is 21.7 Å². The van der Waals surface area contributed by atoms with E-state index in [0.717, 1.165) is 38.5 Å². The molecule has 4 rings (SSSR count). The van der Waals surface area contributed by atoms with Crippen LogP contribution in [0.5, 0.6) is 0 Å². The van der Waals surface area contributed by atoms with E-state index in [-0.39, 0.29) is 58.9 Å². The van der Waals surface area contributed by atoms with Crippen LogP contribution < -0.4 is 58.0 Å². The van der Waals surface area contributed by atoms with E-state index in [4.69, 9.17) is 0 Å². The van der Waals surface area contributed by atoms with Crippen LogP contribution in [-0.2, 0) is 60.2 Å². The van der Waals surface area contributed by atoms with Gasteiger partial charge in [-0.3, -0.25) is 0 Å². The standard InChI is InChI=1S/C37H47Si.3ClH.Ti/c1-9-28-17-29(10-2)21-34(20-28)38(37-16-26(7)15-27(37)8,35-22-30(11-3)18-31(12-4)23-35)36-24-32(13-5)19-33(14-6)25-36;;;;/h15-25H,9-14H2,1-8H3;3*1H;/q-1;;;;+4/p-3. The molecule has 42 heavy (non-hydrogen) atoms. The summed E-state index contributed by atoms with van der Waals surface area (Å²) in [6, 6.07) is 27.7. The minimum absolute atomic E-state index is 0. The van der Waals surface area contributed by atoms with Crippen LogP contribution in [-0.4, -0.2) is 8.07 Å². The third-order valence-corrected chi connectivity index (χ3v) is 13.4. The number of halogens is 3. The fourth-order valence-corrected chi connectivity index (χ4v) is 11.8. The summed E-state index contributed by atoms with van der Waals surface area (Å²) in [6.45, 7) is 18.5. The van der Waals surface area contributed by atoms with E-state index in [9.17, 15) is 0 Å². The molecule has 0 unspecified atom stereocenters. The van der Waals surface area contributed by atoms with Crippen LogP contribution in [0.2, 0.25) is 0 Å². The molecule has 0 spiro atoms. The molecular weight excluding hydrogens is 627 g/mol. The van der Waals surface area contributed by atoms with E-state index in [1.165, 1.54) is 44.5 Å². The first-order valence-corrected chi connectivity index (χ1v) is 17.0. The molecule has 4 aromatic carbocycles. The van der Waals surface area contributed by atoms with Crippen LogP contribution in [0, 0.1) is 13.8 Å². The third kappa shape index (κ3) is 8.09. The molecule has 5 heteroatoms. The first-order chi connectivity index (χ1) is 18.3. The zero-order chi connectivity index (χ0) is 27.4. The van der Waals surface area contributed by atoms with Crippen molar-refractivity contribution in [3.8, 4) is 0 Å². The van der Waals surface area contributed by atoms with Crippen molar-refractivity contribution in [2.45, 2.75) is 93.9 Å². The van der Waals surface area contributed by atoms with Gasteiger partial charge in [0.05, 0.1) is 0 Å². The molecule has 0 saturated heterocycles. The fourth-order valence-electron chi connectivity index (χ4n) is 6.34. The maximum atomic E-state index is 2.57. The fraction of sp³-hybridized carbons (Fsp3) is 0.378. The summed E-state index contributed by atoms with van der Waals surface area (Å²) in [7, 11) is -2.61. The Balaban J connectivity index is 0.00000420. The monoisotopic (exact) mass is 672 g/mol. The Morgan fingerprint density at radius 2 is 0.714 bits per heavy atom. The summed E-state index contributed by atoms with van der Waals surface area (Å²) in [5, 5.41) is 6.21. The van der Waals surface area contributed by atoms with Gasteiger partial charge < -0.3 is 37.2 Å². The number of rotatable bonds is 10. The molecule has 0 saturated carbocycles. The van der Waals surface area contributed by atoms with Gasteiger partial charge in [-0.05, 0) is 71.9 Å². The molecule has 0 amide bonds. The van der Waals surface area contributed by atoms with Crippen molar-refractivity contribution in [1.82, 2.24) is 0 Å². The number of hydrogen-bond acceptors (Lipinski definition) is 0. The van der Waals surface area contributed by atoms with Crippen LogP contribution in [0.3, 0.4) is 0 Å². The molecule has 224 valence electrons. The van der Waals surface area contributed by atoms with Crippen LogP contribution in [0.4, 0.5) is 0 Å². The van der Waals surface area contributed by atoms with Crippen molar-refractivity contribution in [1.29, 1.82) is 0 Å². The molecule has 0 aromatic heterocycles. The van der Waals surface area contributed by atoms with Gasteiger partial charge in [-0.15, -0.1) is 5.19 Å². The number of benzene rings is 3. The van der Waals surface area contributed by atoms with Gasteiger partial charge in [0.15, 0.2) is 0 Å². The van der Waals surface area contributed by atoms with Gasteiger partial charge in [0.1, 0.15) is 8.07 Å². The molecule has 0 fully saturated rings. The summed E-state index contributed by atoms with van der Waals surface area (Å²) in [5.41, 5.74) is 11.6. The van der Waals surface area contributed by atoms with E-state index in [1.54, 1.807) is 20.7 Å². The Hall–Kier alpha value is -1.19. The number of aryl methyl sites for hydroxylation is 8. The van der Waals surface area contributed by atoms with Gasteiger partial charge in [-0.25, -0.2) is 11.6 Å². The molecule has 0 nitrogen and oxygen atoms in total. The van der Waals surface area contributed by atoms with Crippen LogP contribution in [0.25, 0.3) is 0 Å². The maximum absolute atomic E-state index is 2.61. The van der Waals surface area contributed by atoms with E-state index < -0.39 is 8.07 Å². The van der Waals surface area contributed by atoms with Gasteiger partial charge in [0.25, 0.3) is 0 Å². The molecule has 0 aliphatic rings. The summed E-state index contributed by atoms with van der Waals surface area (Å²) >= 11 is 0. The van der Waals surface area contributed by atoms with Crippen molar-refractivity contribution >= 4 is 28.8 Å². The minimum Gasteiger partial charge on any atom is -1.00 e. The summed E-state index contributed by atoms with van der Waals surface area (Å²) in [6.07, 6.45) is 6.39. The normalized spacial score (nSPS) is 10.7. The summed E-state index contributed by atoms with van der Waals surface area (Å²) < 4.78 is 0. The zero-order valence-corrected chi connectivity index (χ0v) is 31.6. The Labute approximate surface area is 291 Å². The van der Waals surface area contributed by atoms with Crippen LogP contribution >= 0.6 is 0 Å². The Bertz CT molecular complexity index is 1220. The largest absolute Gasteiger partial charge is 4.00 e. The third-order valence-electron chi connectivity index (χ3n) is 8.55. The zero-order valence-electron chi connectivity index (χ0n) is 26.7. The summed E-state index contributed by atoms with van der Waals surface area (Å²) in [5.74, 6) is 0. The second kappa shape index (κ2) is 17.9. The Morgan fingerprint density at radius 3 is 0.905 bits per heavy atom. The van der Waals surface area contributed by atoms with Crippen molar-refractivity contribution in [3.63, 3.8) is 0 Å². The van der Waals surface area contributed by atoms with Crippen molar-refractivity contribution in [2.24, 2.45) is 0 Å². The summed E-state index contributed by atoms with van der Waals surface area (Å²) in [4.78, 5) is 0. The second-order valence-electron chi connectivity index (χ2n) is 11.1. The first-order valence-electron chi connectivity index (χ1n) is 15.0. The smallest absolute Gasteiger partial charge is 1.00 e. The van der Waals surface area contributed by atoms with Crippen molar-refractivity contribution < 1.29 is 58.9 Å². The predicted molar refractivity (Wildman–Crippen MR) is 171 cm³/mol. The van der Waals surface area contributed by atoms with E-state index in [0.29, 0.717) is 0 Å². The predicted octanol–water partition coefficient (Wildman–Crippen LogP) is -2.22. The average Bonchev–Trinajstić information content (AvgIpc) is 3.30. The van der Waals surface area contributed by atoms with Gasteiger partial charge in [0.2, 0.25) is 0 Å². The quantitative estimate of drug-likeness (QED) is 0.102. The molecule has 0 radical (unpaired) electrons. The first kappa shape index (κ1) is 40.8. The average molecular weight is 674 g/mol. The van der Waals surface area contributed by atoms with Gasteiger partial charge in [-0.1, -0.05) is 126 Å².